The summed E-state index contributed by atoms with van der Waals surface area (Å²) in [7, 11) is 0. The van der Waals surface area contributed by atoms with Gasteiger partial charge < -0.3 is 0 Å². The first-order valence-electron chi connectivity index (χ1n) is 6.57. The highest BCUT2D eigenvalue weighted by atomic mass is 14.2. The summed E-state index contributed by atoms with van der Waals surface area (Å²) in [4.78, 5) is 0. The van der Waals surface area contributed by atoms with Crippen molar-refractivity contribution in [1.29, 1.82) is 0 Å². The smallest absolute Gasteiger partial charge is 0.0136 e. The molecule has 0 aliphatic heterocycles. The second-order valence-corrected chi connectivity index (χ2v) is 4.96. The van der Waals surface area contributed by atoms with Crippen molar-refractivity contribution in [3.63, 3.8) is 0 Å². The largest absolute Gasteiger partial charge is 0.0816 e. The molecule has 0 nitrogen and oxygen atoms in total. The number of hydrogen-bond acceptors (Lipinski definition) is 0. The van der Waals surface area contributed by atoms with Crippen molar-refractivity contribution in [3.8, 4) is 0 Å². The van der Waals surface area contributed by atoms with E-state index in [0.717, 1.165) is 11.8 Å². The van der Waals surface area contributed by atoms with Crippen LogP contribution in [0.15, 0.2) is 23.3 Å². The van der Waals surface area contributed by atoms with Gasteiger partial charge in [-0.1, -0.05) is 63.8 Å². The van der Waals surface area contributed by atoms with E-state index in [-0.39, 0.29) is 0 Å². The van der Waals surface area contributed by atoms with Gasteiger partial charge in [-0.3, -0.25) is 0 Å². The summed E-state index contributed by atoms with van der Waals surface area (Å²) in [6.45, 7) is 9.31. The van der Waals surface area contributed by atoms with Gasteiger partial charge in [0.1, 0.15) is 0 Å². The van der Waals surface area contributed by atoms with Crippen molar-refractivity contribution in [2.75, 3.05) is 0 Å². The Kier molecular flexibility index (Phi) is 5.14. The molecule has 0 fully saturated rings. The summed E-state index contributed by atoms with van der Waals surface area (Å²) in [5.74, 6) is 1.48. The van der Waals surface area contributed by atoms with E-state index in [1.165, 1.54) is 32.1 Å². The molecule has 86 valence electrons. The zero-order chi connectivity index (χ0) is 11.3. The first kappa shape index (κ1) is 12.5. The van der Waals surface area contributed by atoms with E-state index >= 15 is 0 Å². The molecule has 0 heteroatoms. The lowest BCUT2D eigenvalue weighted by Gasteiger charge is -2.18. The normalized spacial score (nSPS) is 26.9. The van der Waals surface area contributed by atoms with Gasteiger partial charge in [0.2, 0.25) is 0 Å². The minimum atomic E-state index is 0.729. The zero-order valence-corrected chi connectivity index (χ0v) is 10.8. The Bertz CT molecular complexity index is 245. The Labute approximate surface area is 95.5 Å². The van der Waals surface area contributed by atoms with Crippen LogP contribution in [0.1, 0.15) is 59.8 Å². The summed E-state index contributed by atoms with van der Waals surface area (Å²) in [6.07, 6.45) is 11.4. The molecule has 0 radical (unpaired) electrons. The average molecular weight is 206 g/mol. The fraction of sp³-hybridized carbons (Fsp3) is 0.733. The molecule has 0 aromatic rings. The van der Waals surface area contributed by atoms with Crippen molar-refractivity contribution >= 4 is 0 Å². The zero-order valence-electron chi connectivity index (χ0n) is 10.8. The average Bonchev–Trinajstić information content (AvgIpc) is 2.33. The SMILES string of the molecule is CCCC1=CC(C)C(C)C(CCC)=CC1. The fourth-order valence-corrected chi connectivity index (χ4v) is 2.49. The molecule has 0 amide bonds. The molecule has 0 aromatic heterocycles. The predicted molar refractivity (Wildman–Crippen MR) is 68.9 cm³/mol. The summed E-state index contributed by atoms with van der Waals surface area (Å²) >= 11 is 0. The predicted octanol–water partition coefficient (Wildman–Crippen LogP) is 5.12. The molecule has 0 spiro atoms. The van der Waals surface area contributed by atoms with Gasteiger partial charge in [-0.25, -0.2) is 0 Å². The van der Waals surface area contributed by atoms with Crippen molar-refractivity contribution in [2.24, 2.45) is 11.8 Å². The third-order valence-corrected chi connectivity index (χ3v) is 3.61. The van der Waals surface area contributed by atoms with E-state index in [1.807, 2.05) is 0 Å². The lowest BCUT2D eigenvalue weighted by molar-refractivity contribution is 0.511. The first-order valence-corrected chi connectivity index (χ1v) is 6.57. The summed E-state index contributed by atoms with van der Waals surface area (Å²) in [5.41, 5.74) is 3.34. The first-order chi connectivity index (χ1) is 7.19. The van der Waals surface area contributed by atoms with Crippen LogP contribution in [0.25, 0.3) is 0 Å². The van der Waals surface area contributed by atoms with Crippen molar-refractivity contribution in [3.05, 3.63) is 23.3 Å². The van der Waals surface area contributed by atoms with Crippen LogP contribution in [0.2, 0.25) is 0 Å². The lowest BCUT2D eigenvalue weighted by atomic mass is 9.87. The Hall–Kier alpha value is -0.520. The molecule has 1 aliphatic rings. The molecule has 0 bridgehead atoms. The summed E-state index contributed by atoms with van der Waals surface area (Å²) in [5, 5.41) is 0. The van der Waals surface area contributed by atoms with E-state index in [9.17, 15) is 0 Å². The van der Waals surface area contributed by atoms with Crippen LogP contribution in [0, 0.1) is 11.8 Å². The number of rotatable bonds is 4. The van der Waals surface area contributed by atoms with Crippen LogP contribution in [0.3, 0.4) is 0 Å². The summed E-state index contributed by atoms with van der Waals surface area (Å²) < 4.78 is 0. The second-order valence-electron chi connectivity index (χ2n) is 4.96. The van der Waals surface area contributed by atoms with Crippen LogP contribution in [0.4, 0.5) is 0 Å². The minimum absolute atomic E-state index is 0.729. The van der Waals surface area contributed by atoms with Crippen molar-refractivity contribution in [2.45, 2.75) is 59.8 Å². The van der Waals surface area contributed by atoms with Gasteiger partial charge in [0.15, 0.2) is 0 Å². The maximum absolute atomic E-state index is 2.52. The van der Waals surface area contributed by atoms with E-state index < -0.39 is 0 Å². The summed E-state index contributed by atoms with van der Waals surface area (Å²) in [6, 6.07) is 0. The molecule has 2 unspecified atom stereocenters. The molecule has 0 heterocycles. The topological polar surface area (TPSA) is 0 Å². The molecule has 0 saturated carbocycles. The van der Waals surface area contributed by atoms with E-state index in [1.54, 1.807) is 11.1 Å². The monoisotopic (exact) mass is 206 g/mol. The van der Waals surface area contributed by atoms with E-state index in [0.29, 0.717) is 0 Å². The standard InChI is InChI=1S/C15H26/c1-5-7-14-9-10-15(8-6-2)13(4)12(3)11-14/h10-13H,5-9H2,1-4H3. The highest BCUT2D eigenvalue weighted by molar-refractivity contribution is 5.20. The van der Waals surface area contributed by atoms with Crippen molar-refractivity contribution < 1.29 is 0 Å². The molecular weight excluding hydrogens is 180 g/mol. The lowest BCUT2D eigenvalue weighted by Crippen LogP contribution is -2.07. The van der Waals surface area contributed by atoms with Crippen LogP contribution in [-0.4, -0.2) is 0 Å². The molecule has 0 N–H and O–H groups in total. The minimum Gasteiger partial charge on any atom is -0.0816 e. The third kappa shape index (κ3) is 3.52. The van der Waals surface area contributed by atoms with Crippen LogP contribution >= 0.6 is 0 Å². The van der Waals surface area contributed by atoms with Crippen LogP contribution < -0.4 is 0 Å². The van der Waals surface area contributed by atoms with E-state index in [4.69, 9.17) is 0 Å². The maximum Gasteiger partial charge on any atom is -0.0136 e. The molecule has 0 aromatic carbocycles. The van der Waals surface area contributed by atoms with Gasteiger partial charge in [0, 0.05) is 0 Å². The highest BCUT2D eigenvalue weighted by Crippen LogP contribution is 2.31. The van der Waals surface area contributed by atoms with Gasteiger partial charge in [0.25, 0.3) is 0 Å². The van der Waals surface area contributed by atoms with Crippen LogP contribution in [-0.2, 0) is 0 Å². The Balaban J connectivity index is 2.74. The van der Waals surface area contributed by atoms with E-state index in [2.05, 4.69) is 39.8 Å². The van der Waals surface area contributed by atoms with Crippen molar-refractivity contribution in [1.82, 2.24) is 0 Å². The quantitative estimate of drug-likeness (QED) is 0.560. The Morgan fingerprint density at radius 3 is 2.40 bits per heavy atom. The Morgan fingerprint density at radius 2 is 1.80 bits per heavy atom. The number of allylic oxidation sites excluding steroid dienone is 4. The molecule has 15 heavy (non-hydrogen) atoms. The van der Waals surface area contributed by atoms with Gasteiger partial charge in [-0.15, -0.1) is 0 Å². The van der Waals surface area contributed by atoms with Gasteiger partial charge >= 0.3 is 0 Å². The van der Waals surface area contributed by atoms with Crippen LogP contribution in [0.5, 0.6) is 0 Å². The molecule has 1 aliphatic carbocycles. The molecule has 2 atom stereocenters. The molecule has 0 saturated heterocycles. The highest BCUT2D eigenvalue weighted by Gasteiger charge is 2.17. The maximum atomic E-state index is 2.52. The molecule has 1 rings (SSSR count). The number of hydrogen-bond donors (Lipinski definition) is 0. The molecular formula is C15H26. The van der Waals surface area contributed by atoms with Gasteiger partial charge in [-0.05, 0) is 31.1 Å². The second kappa shape index (κ2) is 6.15. The van der Waals surface area contributed by atoms with Gasteiger partial charge in [0.05, 0.1) is 0 Å². The third-order valence-electron chi connectivity index (χ3n) is 3.61. The fourth-order valence-electron chi connectivity index (χ4n) is 2.49. The Morgan fingerprint density at radius 1 is 1.13 bits per heavy atom. The van der Waals surface area contributed by atoms with Gasteiger partial charge in [-0.2, -0.15) is 0 Å².